The molecule has 16 heavy (non-hydrogen) atoms. The summed E-state index contributed by atoms with van der Waals surface area (Å²) in [5, 5.41) is 1.67. The number of hydrogen-bond donors (Lipinski definition) is 1. The lowest BCUT2D eigenvalue weighted by Crippen LogP contribution is -1.98. The number of nitrogens with two attached hydrogens (primary N) is 1. The number of benzene rings is 1. The Morgan fingerprint density at radius 1 is 1.25 bits per heavy atom. The number of halogens is 1. The van der Waals surface area contributed by atoms with Gasteiger partial charge in [0, 0.05) is 22.7 Å². The maximum absolute atomic E-state index is 5.92. The molecule has 0 amide bonds. The maximum Gasteiger partial charge on any atom is 0.101 e. The molecule has 1 aromatic carbocycles. The second-order valence-corrected chi connectivity index (χ2v) is 4.72. The van der Waals surface area contributed by atoms with E-state index >= 15 is 0 Å². The standard InChI is InChI=1S/C12H11ClN2S/c13-10-4-5-11(9(7-10)8-14)16-12-3-1-2-6-15-12/h1-7H,8,14H2. The molecule has 0 saturated carbocycles. The van der Waals surface area contributed by atoms with Crippen LogP contribution >= 0.6 is 23.4 Å². The average Bonchev–Trinajstić information content (AvgIpc) is 2.33. The Balaban J connectivity index is 2.28. The van der Waals surface area contributed by atoms with Crippen molar-refractivity contribution in [3.8, 4) is 0 Å². The molecule has 0 saturated heterocycles. The van der Waals surface area contributed by atoms with Crippen LogP contribution in [0.5, 0.6) is 0 Å². The van der Waals surface area contributed by atoms with Crippen molar-refractivity contribution in [3.05, 3.63) is 53.2 Å². The molecule has 0 fully saturated rings. The quantitative estimate of drug-likeness (QED) is 0.908. The topological polar surface area (TPSA) is 38.9 Å². The Bertz CT molecular complexity index is 474. The fourth-order valence-electron chi connectivity index (χ4n) is 1.33. The van der Waals surface area contributed by atoms with Crippen LogP contribution < -0.4 is 5.73 Å². The van der Waals surface area contributed by atoms with Crippen molar-refractivity contribution in [2.45, 2.75) is 16.5 Å². The molecule has 0 unspecified atom stereocenters. The zero-order chi connectivity index (χ0) is 11.4. The SMILES string of the molecule is NCc1cc(Cl)ccc1Sc1ccccn1. The first-order valence-electron chi connectivity index (χ1n) is 4.87. The van der Waals surface area contributed by atoms with Crippen LogP contribution in [0.4, 0.5) is 0 Å². The molecule has 0 spiro atoms. The molecule has 0 aliphatic rings. The normalized spacial score (nSPS) is 10.4. The molecular formula is C12H11ClN2S. The Hall–Kier alpha value is -1.03. The van der Waals surface area contributed by atoms with E-state index in [0.29, 0.717) is 11.6 Å². The Morgan fingerprint density at radius 3 is 2.81 bits per heavy atom. The predicted octanol–water partition coefficient (Wildman–Crippen LogP) is 3.34. The van der Waals surface area contributed by atoms with E-state index in [1.807, 2.05) is 36.4 Å². The molecule has 0 radical (unpaired) electrons. The molecule has 0 atom stereocenters. The highest BCUT2D eigenvalue weighted by Gasteiger charge is 2.04. The summed E-state index contributed by atoms with van der Waals surface area (Å²) in [7, 11) is 0. The van der Waals surface area contributed by atoms with Crippen LogP contribution in [0.1, 0.15) is 5.56 Å². The van der Waals surface area contributed by atoms with Gasteiger partial charge in [-0.1, -0.05) is 29.4 Å². The summed E-state index contributed by atoms with van der Waals surface area (Å²) in [6.07, 6.45) is 1.78. The van der Waals surface area contributed by atoms with Gasteiger partial charge in [0.15, 0.2) is 0 Å². The van der Waals surface area contributed by atoms with Crippen molar-refractivity contribution in [1.29, 1.82) is 0 Å². The first kappa shape index (κ1) is 11.5. The van der Waals surface area contributed by atoms with Gasteiger partial charge in [-0.25, -0.2) is 4.98 Å². The minimum Gasteiger partial charge on any atom is -0.326 e. The van der Waals surface area contributed by atoms with Gasteiger partial charge in [0.25, 0.3) is 0 Å². The van der Waals surface area contributed by atoms with Crippen molar-refractivity contribution < 1.29 is 0 Å². The van der Waals surface area contributed by atoms with Crippen LogP contribution in [0.3, 0.4) is 0 Å². The zero-order valence-electron chi connectivity index (χ0n) is 8.56. The Kier molecular flexibility index (Phi) is 3.83. The van der Waals surface area contributed by atoms with Crippen molar-refractivity contribution >= 4 is 23.4 Å². The summed E-state index contributed by atoms with van der Waals surface area (Å²) in [6.45, 7) is 0.482. The molecule has 2 N–H and O–H groups in total. The largest absolute Gasteiger partial charge is 0.326 e. The van der Waals surface area contributed by atoms with Gasteiger partial charge < -0.3 is 5.73 Å². The smallest absolute Gasteiger partial charge is 0.101 e. The predicted molar refractivity (Wildman–Crippen MR) is 67.7 cm³/mol. The molecule has 1 heterocycles. The summed E-state index contributed by atoms with van der Waals surface area (Å²) in [4.78, 5) is 5.36. The van der Waals surface area contributed by atoms with E-state index in [1.165, 1.54) is 0 Å². The van der Waals surface area contributed by atoms with Gasteiger partial charge in [0.05, 0.1) is 0 Å². The molecule has 2 rings (SSSR count). The van der Waals surface area contributed by atoms with Gasteiger partial charge in [0.1, 0.15) is 5.03 Å². The van der Waals surface area contributed by atoms with E-state index in [0.717, 1.165) is 15.5 Å². The molecular weight excluding hydrogens is 240 g/mol. The van der Waals surface area contributed by atoms with E-state index < -0.39 is 0 Å². The number of aromatic nitrogens is 1. The average molecular weight is 251 g/mol. The van der Waals surface area contributed by atoms with Crippen molar-refractivity contribution in [1.82, 2.24) is 4.98 Å². The van der Waals surface area contributed by atoms with Crippen LogP contribution in [0, 0.1) is 0 Å². The summed E-state index contributed by atoms with van der Waals surface area (Å²) >= 11 is 7.52. The lowest BCUT2D eigenvalue weighted by molar-refractivity contribution is 1.02. The summed E-state index contributed by atoms with van der Waals surface area (Å²) < 4.78 is 0. The third-order valence-electron chi connectivity index (χ3n) is 2.09. The molecule has 1 aromatic heterocycles. The highest BCUT2D eigenvalue weighted by Crippen LogP contribution is 2.30. The zero-order valence-corrected chi connectivity index (χ0v) is 10.1. The van der Waals surface area contributed by atoms with E-state index in [9.17, 15) is 0 Å². The van der Waals surface area contributed by atoms with Crippen LogP contribution in [-0.4, -0.2) is 4.98 Å². The number of hydrogen-bond acceptors (Lipinski definition) is 3. The van der Waals surface area contributed by atoms with Gasteiger partial charge >= 0.3 is 0 Å². The Labute approximate surface area is 104 Å². The first-order chi connectivity index (χ1) is 7.79. The van der Waals surface area contributed by atoms with Crippen molar-refractivity contribution in [2.75, 3.05) is 0 Å². The van der Waals surface area contributed by atoms with Gasteiger partial charge in [-0.3, -0.25) is 0 Å². The number of pyridine rings is 1. The summed E-state index contributed by atoms with van der Waals surface area (Å²) in [6, 6.07) is 11.6. The van der Waals surface area contributed by atoms with Crippen LogP contribution in [0.25, 0.3) is 0 Å². The third-order valence-corrected chi connectivity index (χ3v) is 3.40. The molecule has 0 bridgehead atoms. The van der Waals surface area contributed by atoms with Gasteiger partial charge in [0.2, 0.25) is 0 Å². The first-order valence-corrected chi connectivity index (χ1v) is 6.06. The molecule has 0 aliphatic carbocycles. The lowest BCUT2D eigenvalue weighted by atomic mass is 10.2. The molecule has 0 aliphatic heterocycles. The van der Waals surface area contributed by atoms with Crippen LogP contribution in [0.2, 0.25) is 5.02 Å². The Morgan fingerprint density at radius 2 is 2.12 bits per heavy atom. The molecule has 2 nitrogen and oxygen atoms in total. The highest BCUT2D eigenvalue weighted by atomic mass is 35.5. The fourth-order valence-corrected chi connectivity index (χ4v) is 2.42. The van der Waals surface area contributed by atoms with Crippen molar-refractivity contribution in [3.63, 3.8) is 0 Å². The van der Waals surface area contributed by atoms with E-state index in [2.05, 4.69) is 4.98 Å². The summed E-state index contributed by atoms with van der Waals surface area (Å²) in [5.74, 6) is 0. The third kappa shape index (κ3) is 2.76. The maximum atomic E-state index is 5.92. The highest BCUT2D eigenvalue weighted by molar-refractivity contribution is 7.99. The minimum absolute atomic E-state index is 0.482. The van der Waals surface area contributed by atoms with Crippen LogP contribution in [0.15, 0.2) is 52.5 Å². The minimum atomic E-state index is 0.482. The van der Waals surface area contributed by atoms with Crippen LogP contribution in [-0.2, 0) is 6.54 Å². The monoisotopic (exact) mass is 250 g/mol. The second kappa shape index (κ2) is 5.34. The summed E-state index contributed by atoms with van der Waals surface area (Å²) in [5.41, 5.74) is 6.73. The fraction of sp³-hybridized carbons (Fsp3) is 0.0833. The molecule has 82 valence electrons. The molecule has 2 aromatic rings. The van der Waals surface area contributed by atoms with Crippen molar-refractivity contribution in [2.24, 2.45) is 5.73 Å². The lowest BCUT2D eigenvalue weighted by Gasteiger charge is -2.06. The molecule has 4 heteroatoms. The second-order valence-electron chi connectivity index (χ2n) is 3.23. The van der Waals surface area contributed by atoms with Gasteiger partial charge in [-0.15, -0.1) is 0 Å². The van der Waals surface area contributed by atoms with Gasteiger partial charge in [-0.05, 0) is 35.9 Å². The number of rotatable bonds is 3. The van der Waals surface area contributed by atoms with Gasteiger partial charge in [-0.2, -0.15) is 0 Å². The number of nitrogens with zero attached hydrogens (tertiary/aromatic N) is 1. The van der Waals surface area contributed by atoms with E-state index in [1.54, 1.807) is 18.0 Å². The van der Waals surface area contributed by atoms with E-state index in [4.69, 9.17) is 17.3 Å². The van der Waals surface area contributed by atoms with E-state index in [-0.39, 0.29) is 0 Å².